The number of fused-ring (bicyclic) bond motifs is 1. The molecule has 4 nitrogen and oxygen atoms in total. The molecule has 24 heavy (non-hydrogen) atoms. The molecule has 128 valence electrons. The van der Waals surface area contributed by atoms with Gasteiger partial charge in [0.1, 0.15) is 0 Å². The van der Waals surface area contributed by atoms with Crippen LogP contribution in [0, 0.1) is 11.3 Å². The SMILES string of the molecule is Cn1ccc2ccnc(CC3CN(C(=O)C4(C)CCCCC4)C3)c21. The quantitative estimate of drug-likeness (QED) is 0.865. The summed E-state index contributed by atoms with van der Waals surface area (Å²) in [6.07, 6.45) is 10.8. The van der Waals surface area contributed by atoms with Gasteiger partial charge in [-0.3, -0.25) is 9.78 Å². The summed E-state index contributed by atoms with van der Waals surface area (Å²) in [5, 5.41) is 1.25. The Balaban J connectivity index is 1.41. The summed E-state index contributed by atoms with van der Waals surface area (Å²) in [7, 11) is 2.08. The lowest BCUT2D eigenvalue weighted by Crippen LogP contribution is -2.55. The first-order chi connectivity index (χ1) is 11.6. The minimum absolute atomic E-state index is 0.0976. The maximum absolute atomic E-state index is 12.8. The lowest BCUT2D eigenvalue weighted by atomic mass is 9.73. The molecule has 4 rings (SSSR count). The van der Waals surface area contributed by atoms with E-state index in [4.69, 9.17) is 0 Å². The first-order valence-corrected chi connectivity index (χ1v) is 9.25. The molecule has 0 spiro atoms. The summed E-state index contributed by atoms with van der Waals surface area (Å²) in [6, 6.07) is 4.21. The molecule has 0 bridgehead atoms. The smallest absolute Gasteiger partial charge is 0.228 e. The monoisotopic (exact) mass is 325 g/mol. The molecule has 1 saturated carbocycles. The second-order valence-corrected chi connectivity index (χ2v) is 8.02. The molecule has 1 aliphatic carbocycles. The molecule has 1 aliphatic heterocycles. The van der Waals surface area contributed by atoms with E-state index in [9.17, 15) is 4.79 Å². The number of hydrogen-bond donors (Lipinski definition) is 0. The van der Waals surface area contributed by atoms with Gasteiger partial charge in [0, 0.05) is 43.3 Å². The maximum Gasteiger partial charge on any atom is 0.228 e. The van der Waals surface area contributed by atoms with E-state index in [1.807, 2.05) is 6.20 Å². The summed E-state index contributed by atoms with van der Waals surface area (Å²) in [5.74, 6) is 0.942. The number of pyridine rings is 1. The molecule has 2 fully saturated rings. The summed E-state index contributed by atoms with van der Waals surface area (Å²) in [4.78, 5) is 19.5. The average Bonchev–Trinajstić information content (AvgIpc) is 2.93. The molecule has 4 heteroatoms. The van der Waals surface area contributed by atoms with Crippen LogP contribution in [0.1, 0.15) is 44.7 Å². The molecular weight excluding hydrogens is 298 g/mol. The third-order valence-electron chi connectivity index (χ3n) is 6.06. The van der Waals surface area contributed by atoms with E-state index in [0.717, 1.165) is 32.4 Å². The van der Waals surface area contributed by atoms with Crippen molar-refractivity contribution in [3.8, 4) is 0 Å². The highest BCUT2D eigenvalue weighted by molar-refractivity contribution is 5.83. The first kappa shape index (κ1) is 15.7. The van der Waals surface area contributed by atoms with E-state index in [1.165, 1.54) is 35.9 Å². The van der Waals surface area contributed by atoms with Crippen LogP contribution >= 0.6 is 0 Å². The highest BCUT2D eigenvalue weighted by Crippen LogP contribution is 2.39. The predicted octanol–water partition coefficient (Wildman–Crippen LogP) is 3.54. The van der Waals surface area contributed by atoms with Gasteiger partial charge in [0.25, 0.3) is 0 Å². The number of likely N-dealkylation sites (tertiary alicyclic amines) is 1. The van der Waals surface area contributed by atoms with Crippen molar-refractivity contribution < 1.29 is 4.79 Å². The molecular formula is C20H27N3O. The van der Waals surface area contributed by atoms with Crippen LogP contribution in [0.15, 0.2) is 24.5 Å². The van der Waals surface area contributed by atoms with Gasteiger partial charge in [-0.05, 0) is 37.3 Å². The fourth-order valence-electron chi connectivity index (χ4n) is 4.54. The number of rotatable bonds is 3. The first-order valence-electron chi connectivity index (χ1n) is 9.25. The molecule has 3 heterocycles. The summed E-state index contributed by atoms with van der Waals surface area (Å²) < 4.78 is 2.16. The Morgan fingerprint density at radius 1 is 1.25 bits per heavy atom. The van der Waals surface area contributed by atoms with Crippen molar-refractivity contribution in [3.63, 3.8) is 0 Å². The molecule has 2 aromatic rings. The van der Waals surface area contributed by atoms with Gasteiger partial charge in [-0.1, -0.05) is 26.2 Å². The number of aryl methyl sites for hydroxylation is 1. The minimum Gasteiger partial charge on any atom is -0.349 e. The Morgan fingerprint density at radius 2 is 2.00 bits per heavy atom. The van der Waals surface area contributed by atoms with Crippen LogP contribution in [-0.4, -0.2) is 33.4 Å². The Morgan fingerprint density at radius 3 is 2.75 bits per heavy atom. The standard InChI is InChI=1S/C20H27N3O/c1-20(8-4-3-5-9-20)19(24)23-13-15(14-23)12-17-18-16(6-10-21-17)7-11-22(18)2/h6-7,10-11,15H,3-5,8-9,12-14H2,1-2H3. The normalized spacial score (nSPS) is 21.0. The fourth-order valence-corrected chi connectivity index (χ4v) is 4.54. The number of amides is 1. The van der Waals surface area contributed by atoms with Gasteiger partial charge < -0.3 is 9.47 Å². The maximum atomic E-state index is 12.8. The number of carbonyl (C=O) groups excluding carboxylic acids is 1. The van der Waals surface area contributed by atoms with Gasteiger partial charge in [0.05, 0.1) is 11.2 Å². The van der Waals surface area contributed by atoms with Gasteiger partial charge in [0.2, 0.25) is 5.91 Å². The van der Waals surface area contributed by atoms with E-state index in [2.05, 4.69) is 46.8 Å². The molecule has 0 atom stereocenters. The van der Waals surface area contributed by atoms with Crippen LogP contribution in [0.5, 0.6) is 0 Å². The number of hydrogen-bond acceptors (Lipinski definition) is 2. The Kier molecular flexibility index (Phi) is 3.86. The summed E-state index contributed by atoms with van der Waals surface area (Å²) in [5.41, 5.74) is 2.31. The van der Waals surface area contributed by atoms with Crippen molar-refractivity contribution in [2.45, 2.75) is 45.4 Å². The van der Waals surface area contributed by atoms with Gasteiger partial charge in [-0.25, -0.2) is 0 Å². The lowest BCUT2D eigenvalue weighted by Gasteiger charge is -2.45. The molecule has 0 N–H and O–H groups in total. The fraction of sp³-hybridized carbons (Fsp3) is 0.600. The van der Waals surface area contributed by atoms with E-state index in [1.54, 1.807) is 0 Å². The van der Waals surface area contributed by atoms with E-state index in [-0.39, 0.29) is 5.41 Å². The van der Waals surface area contributed by atoms with E-state index >= 15 is 0 Å². The number of aromatic nitrogens is 2. The highest BCUT2D eigenvalue weighted by Gasteiger charge is 2.42. The Labute approximate surface area is 143 Å². The van der Waals surface area contributed by atoms with Crippen LogP contribution in [0.25, 0.3) is 10.9 Å². The van der Waals surface area contributed by atoms with Crippen molar-refractivity contribution in [2.75, 3.05) is 13.1 Å². The lowest BCUT2D eigenvalue weighted by molar-refractivity contribution is -0.149. The van der Waals surface area contributed by atoms with E-state index < -0.39 is 0 Å². The van der Waals surface area contributed by atoms with Gasteiger partial charge in [-0.15, -0.1) is 0 Å². The third-order valence-corrected chi connectivity index (χ3v) is 6.06. The van der Waals surface area contributed by atoms with Crippen LogP contribution < -0.4 is 0 Å². The molecule has 0 aromatic carbocycles. The highest BCUT2D eigenvalue weighted by atomic mass is 16.2. The van der Waals surface area contributed by atoms with Gasteiger partial charge in [-0.2, -0.15) is 0 Å². The zero-order valence-electron chi connectivity index (χ0n) is 14.8. The molecule has 1 amide bonds. The number of nitrogens with zero attached hydrogens (tertiary/aromatic N) is 3. The molecule has 0 unspecified atom stereocenters. The average molecular weight is 325 g/mol. The molecule has 2 aliphatic rings. The number of carbonyl (C=O) groups is 1. The van der Waals surface area contributed by atoms with Gasteiger partial charge in [0.15, 0.2) is 0 Å². The Bertz CT molecular complexity index is 751. The molecule has 2 aromatic heterocycles. The van der Waals surface area contributed by atoms with Crippen LogP contribution in [0.4, 0.5) is 0 Å². The van der Waals surface area contributed by atoms with Crippen molar-refractivity contribution >= 4 is 16.8 Å². The molecule has 0 radical (unpaired) electrons. The second kappa shape index (κ2) is 5.91. The third kappa shape index (κ3) is 2.62. The topological polar surface area (TPSA) is 38.1 Å². The van der Waals surface area contributed by atoms with Crippen molar-refractivity contribution in [1.29, 1.82) is 0 Å². The predicted molar refractivity (Wildman–Crippen MR) is 95.7 cm³/mol. The molecule has 1 saturated heterocycles. The van der Waals surface area contributed by atoms with Crippen molar-refractivity contribution in [3.05, 3.63) is 30.2 Å². The zero-order chi connectivity index (χ0) is 16.7. The Hall–Kier alpha value is -1.84. The largest absolute Gasteiger partial charge is 0.349 e. The van der Waals surface area contributed by atoms with Crippen LogP contribution in [0.3, 0.4) is 0 Å². The van der Waals surface area contributed by atoms with Crippen LogP contribution in [-0.2, 0) is 18.3 Å². The summed E-state index contributed by atoms with van der Waals surface area (Å²) >= 11 is 0. The van der Waals surface area contributed by atoms with Crippen molar-refractivity contribution in [2.24, 2.45) is 18.4 Å². The minimum atomic E-state index is -0.0976. The summed E-state index contributed by atoms with van der Waals surface area (Å²) in [6.45, 7) is 3.97. The van der Waals surface area contributed by atoms with Crippen LogP contribution in [0.2, 0.25) is 0 Å². The zero-order valence-corrected chi connectivity index (χ0v) is 14.8. The second-order valence-electron chi connectivity index (χ2n) is 8.02. The van der Waals surface area contributed by atoms with Crippen molar-refractivity contribution in [1.82, 2.24) is 14.5 Å². The van der Waals surface area contributed by atoms with Gasteiger partial charge >= 0.3 is 0 Å². The van der Waals surface area contributed by atoms with E-state index in [0.29, 0.717) is 11.8 Å².